The summed E-state index contributed by atoms with van der Waals surface area (Å²) in [5, 5.41) is 7.42. The van der Waals surface area contributed by atoms with Crippen LogP contribution in [-0.4, -0.2) is 17.1 Å². The molecule has 1 fully saturated rings. The van der Waals surface area contributed by atoms with Crippen molar-refractivity contribution in [3.05, 3.63) is 0 Å². The molecule has 0 aliphatic heterocycles. The lowest BCUT2D eigenvalue weighted by atomic mass is 9.88. The molecule has 0 bridgehead atoms. The van der Waals surface area contributed by atoms with E-state index in [1.165, 1.54) is 25.7 Å². The van der Waals surface area contributed by atoms with Gasteiger partial charge in [-0.25, -0.2) is 0 Å². The van der Waals surface area contributed by atoms with Crippen LogP contribution in [0.25, 0.3) is 0 Å². The third kappa shape index (κ3) is 11.7. The maximum atomic E-state index is 9.00. The van der Waals surface area contributed by atoms with Crippen LogP contribution in [-0.2, 0) is 4.79 Å². The SMILES string of the molecule is CC(=O)O.CC1CCC(N)CC1.Cl. The highest BCUT2D eigenvalue weighted by atomic mass is 35.5. The highest BCUT2D eigenvalue weighted by Crippen LogP contribution is 2.21. The molecule has 1 aliphatic rings. The third-order valence-corrected chi connectivity index (χ3v) is 2.06. The van der Waals surface area contributed by atoms with Crippen molar-refractivity contribution < 1.29 is 9.90 Å². The van der Waals surface area contributed by atoms with E-state index in [1.54, 1.807) is 0 Å². The molecule has 80 valence electrons. The van der Waals surface area contributed by atoms with Crippen LogP contribution in [0.2, 0.25) is 0 Å². The average molecular weight is 210 g/mol. The Kier molecular flexibility index (Phi) is 9.74. The van der Waals surface area contributed by atoms with Crippen molar-refractivity contribution in [1.82, 2.24) is 0 Å². The van der Waals surface area contributed by atoms with Crippen LogP contribution in [0.15, 0.2) is 0 Å². The second kappa shape index (κ2) is 8.32. The molecule has 3 nitrogen and oxygen atoms in total. The van der Waals surface area contributed by atoms with Gasteiger partial charge in [0.2, 0.25) is 0 Å². The number of nitrogens with two attached hydrogens (primary N) is 1. The third-order valence-electron chi connectivity index (χ3n) is 2.06. The summed E-state index contributed by atoms with van der Waals surface area (Å²) in [6.07, 6.45) is 5.20. The molecule has 1 rings (SSSR count). The van der Waals surface area contributed by atoms with Crippen molar-refractivity contribution in [2.45, 2.75) is 45.6 Å². The van der Waals surface area contributed by atoms with Crippen molar-refractivity contribution in [1.29, 1.82) is 0 Å². The standard InChI is InChI=1S/C7H15N.C2H4O2.ClH/c1-6-2-4-7(8)5-3-6;1-2(3)4;/h6-7H,2-5,8H2,1H3;1H3,(H,3,4);1H. The Labute approximate surface area is 86.1 Å². The number of rotatable bonds is 0. The molecule has 0 aromatic heterocycles. The Hall–Kier alpha value is -0.280. The minimum atomic E-state index is -0.833. The second-order valence-electron chi connectivity index (χ2n) is 3.54. The van der Waals surface area contributed by atoms with Crippen LogP contribution < -0.4 is 5.73 Å². The molecule has 0 heterocycles. The molecule has 1 aliphatic carbocycles. The lowest BCUT2D eigenvalue weighted by Crippen LogP contribution is -2.25. The zero-order chi connectivity index (χ0) is 9.56. The molecule has 4 heteroatoms. The Morgan fingerprint density at radius 3 is 1.85 bits per heavy atom. The second-order valence-corrected chi connectivity index (χ2v) is 3.54. The van der Waals surface area contributed by atoms with E-state index in [-0.39, 0.29) is 12.4 Å². The van der Waals surface area contributed by atoms with Crippen molar-refractivity contribution in [2.24, 2.45) is 11.7 Å². The van der Waals surface area contributed by atoms with Gasteiger partial charge in [0.1, 0.15) is 0 Å². The van der Waals surface area contributed by atoms with E-state index in [0.717, 1.165) is 12.8 Å². The Morgan fingerprint density at radius 1 is 1.31 bits per heavy atom. The number of hydrogen-bond donors (Lipinski definition) is 2. The summed E-state index contributed by atoms with van der Waals surface area (Å²) >= 11 is 0. The Morgan fingerprint density at radius 2 is 1.62 bits per heavy atom. The van der Waals surface area contributed by atoms with Gasteiger partial charge in [-0.05, 0) is 31.6 Å². The van der Waals surface area contributed by atoms with E-state index < -0.39 is 5.97 Å². The van der Waals surface area contributed by atoms with Crippen molar-refractivity contribution in [3.63, 3.8) is 0 Å². The minimum absolute atomic E-state index is 0. The van der Waals surface area contributed by atoms with Crippen LogP contribution in [0.3, 0.4) is 0 Å². The van der Waals surface area contributed by atoms with Gasteiger partial charge >= 0.3 is 0 Å². The summed E-state index contributed by atoms with van der Waals surface area (Å²) < 4.78 is 0. The van der Waals surface area contributed by atoms with Gasteiger partial charge in [-0.3, -0.25) is 4.79 Å². The Bertz CT molecular complexity index is 120. The van der Waals surface area contributed by atoms with Crippen LogP contribution in [0.5, 0.6) is 0 Å². The van der Waals surface area contributed by atoms with Gasteiger partial charge in [-0.2, -0.15) is 0 Å². The van der Waals surface area contributed by atoms with Gasteiger partial charge in [0.15, 0.2) is 0 Å². The summed E-state index contributed by atoms with van der Waals surface area (Å²) in [5.41, 5.74) is 5.70. The van der Waals surface area contributed by atoms with Gasteiger partial charge in [-0.1, -0.05) is 6.92 Å². The average Bonchev–Trinajstić information content (AvgIpc) is 1.94. The van der Waals surface area contributed by atoms with Crippen LogP contribution in [0.1, 0.15) is 39.5 Å². The molecule has 0 radical (unpaired) electrons. The first kappa shape index (κ1) is 15.2. The first-order valence-electron chi connectivity index (χ1n) is 4.47. The van der Waals surface area contributed by atoms with Gasteiger partial charge in [0.25, 0.3) is 5.97 Å². The lowest BCUT2D eigenvalue weighted by molar-refractivity contribution is -0.134. The van der Waals surface area contributed by atoms with E-state index in [2.05, 4.69) is 6.92 Å². The zero-order valence-corrected chi connectivity index (χ0v) is 9.14. The topological polar surface area (TPSA) is 63.3 Å². The number of carbonyl (C=O) groups is 1. The first-order chi connectivity index (χ1) is 5.52. The van der Waals surface area contributed by atoms with Crippen LogP contribution in [0, 0.1) is 5.92 Å². The molecular formula is C9H20ClNO2. The fraction of sp³-hybridized carbons (Fsp3) is 0.889. The van der Waals surface area contributed by atoms with E-state index >= 15 is 0 Å². The molecule has 1 saturated carbocycles. The molecule has 0 spiro atoms. The van der Waals surface area contributed by atoms with Gasteiger partial charge in [0.05, 0.1) is 0 Å². The highest BCUT2D eigenvalue weighted by molar-refractivity contribution is 5.85. The smallest absolute Gasteiger partial charge is 0.300 e. The highest BCUT2D eigenvalue weighted by Gasteiger charge is 2.13. The molecule has 0 aromatic rings. The summed E-state index contributed by atoms with van der Waals surface area (Å²) in [6, 6.07) is 0.520. The maximum Gasteiger partial charge on any atom is 0.300 e. The summed E-state index contributed by atoms with van der Waals surface area (Å²) in [5.74, 6) is 0.106. The normalized spacial score (nSPS) is 26.4. The summed E-state index contributed by atoms with van der Waals surface area (Å²) in [6.45, 7) is 3.39. The number of carboxylic acid groups (broad SMARTS) is 1. The quantitative estimate of drug-likeness (QED) is 0.642. The first-order valence-corrected chi connectivity index (χ1v) is 4.47. The monoisotopic (exact) mass is 209 g/mol. The van der Waals surface area contributed by atoms with Gasteiger partial charge in [0, 0.05) is 13.0 Å². The largest absolute Gasteiger partial charge is 0.481 e. The molecule has 0 unspecified atom stereocenters. The molecular weight excluding hydrogens is 190 g/mol. The number of aliphatic carboxylic acids is 1. The molecule has 0 aromatic carbocycles. The molecule has 0 saturated heterocycles. The van der Waals surface area contributed by atoms with Gasteiger partial charge in [-0.15, -0.1) is 12.4 Å². The van der Waals surface area contributed by atoms with Crippen LogP contribution in [0.4, 0.5) is 0 Å². The number of carboxylic acids is 1. The zero-order valence-electron chi connectivity index (χ0n) is 8.32. The summed E-state index contributed by atoms with van der Waals surface area (Å²) in [4.78, 5) is 9.00. The molecule has 13 heavy (non-hydrogen) atoms. The number of halogens is 1. The van der Waals surface area contributed by atoms with Crippen molar-refractivity contribution in [2.75, 3.05) is 0 Å². The van der Waals surface area contributed by atoms with E-state index in [0.29, 0.717) is 6.04 Å². The Balaban J connectivity index is 0. The fourth-order valence-corrected chi connectivity index (χ4v) is 1.29. The van der Waals surface area contributed by atoms with Crippen molar-refractivity contribution in [3.8, 4) is 0 Å². The molecule has 0 atom stereocenters. The minimum Gasteiger partial charge on any atom is -0.481 e. The fourth-order valence-electron chi connectivity index (χ4n) is 1.29. The van der Waals surface area contributed by atoms with Gasteiger partial charge < -0.3 is 10.8 Å². The lowest BCUT2D eigenvalue weighted by Gasteiger charge is -2.22. The van der Waals surface area contributed by atoms with E-state index in [9.17, 15) is 0 Å². The van der Waals surface area contributed by atoms with Crippen molar-refractivity contribution >= 4 is 18.4 Å². The van der Waals surface area contributed by atoms with E-state index in [4.69, 9.17) is 15.6 Å². The predicted octanol–water partition coefficient (Wildman–Crippen LogP) is 2.04. The molecule has 0 amide bonds. The van der Waals surface area contributed by atoms with E-state index in [1.807, 2.05) is 0 Å². The maximum absolute atomic E-state index is 9.00. The molecule has 3 N–H and O–H groups in total. The predicted molar refractivity (Wildman–Crippen MR) is 56.2 cm³/mol. The summed E-state index contributed by atoms with van der Waals surface area (Å²) in [7, 11) is 0. The number of hydrogen-bond acceptors (Lipinski definition) is 2. The van der Waals surface area contributed by atoms with Crippen LogP contribution >= 0.6 is 12.4 Å².